The zero-order valence-electron chi connectivity index (χ0n) is 10.0. The third-order valence-corrected chi connectivity index (χ3v) is 4.28. The van der Waals surface area contributed by atoms with Crippen molar-refractivity contribution in [1.82, 2.24) is 9.97 Å². The summed E-state index contributed by atoms with van der Waals surface area (Å²) in [6, 6.07) is 8.93. The Kier molecular flexibility index (Phi) is 3.09. The number of benzene rings is 1. The topological polar surface area (TPSA) is 73.3 Å². The highest BCUT2D eigenvalue weighted by Gasteiger charge is 2.29. The Morgan fingerprint density at radius 1 is 1.00 bits per heavy atom. The molecule has 0 unspecified atom stereocenters. The van der Waals surface area contributed by atoms with Crippen molar-refractivity contribution in [2.45, 2.75) is 0 Å². The van der Waals surface area contributed by atoms with Crippen molar-refractivity contribution in [2.75, 3.05) is 17.8 Å². The number of nitrogens with zero attached hydrogens (tertiary/aromatic N) is 2. The zero-order valence-corrected chi connectivity index (χ0v) is 10.9. The molecule has 0 radical (unpaired) electrons. The summed E-state index contributed by atoms with van der Waals surface area (Å²) < 4.78 is 23.7. The van der Waals surface area contributed by atoms with E-state index in [-0.39, 0.29) is 12.7 Å². The van der Waals surface area contributed by atoms with E-state index in [1.165, 1.54) is 0 Å². The fourth-order valence-corrected chi connectivity index (χ4v) is 3.06. The van der Waals surface area contributed by atoms with E-state index >= 15 is 0 Å². The molecule has 1 aliphatic heterocycles. The Labute approximate surface area is 110 Å². The number of nitrogens with one attached hydrogen (secondary N) is 1. The summed E-state index contributed by atoms with van der Waals surface area (Å²) in [4.78, 5) is 7.98. The molecular weight excluding hydrogens is 265 g/mol. The van der Waals surface area contributed by atoms with Crippen LogP contribution in [-0.2, 0) is 4.57 Å². The highest BCUT2D eigenvalue weighted by Crippen LogP contribution is 2.48. The molecule has 0 atom stereocenters. The lowest BCUT2D eigenvalue weighted by Crippen LogP contribution is -2.11. The lowest BCUT2D eigenvalue weighted by molar-refractivity contribution is 0.355. The van der Waals surface area contributed by atoms with Gasteiger partial charge in [0.1, 0.15) is 0 Å². The lowest BCUT2D eigenvalue weighted by atomic mass is 10.3. The van der Waals surface area contributed by atoms with Gasteiger partial charge in [0.15, 0.2) is 24.2 Å². The monoisotopic (exact) mass is 277 g/mol. The minimum atomic E-state index is -2.88. The maximum Gasteiger partial charge on any atom is 0.244 e. The number of hydrogen-bond donors (Lipinski definition) is 1. The normalized spacial score (nSPS) is 16.4. The molecule has 1 aliphatic rings. The fourth-order valence-electron chi connectivity index (χ4n) is 1.68. The number of anilines is 1. The zero-order chi connectivity index (χ0) is 13.1. The van der Waals surface area contributed by atoms with Gasteiger partial charge in [-0.15, -0.1) is 0 Å². The van der Waals surface area contributed by atoms with Gasteiger partial charge in [0.05, 0.1) is 0 Å². The molecule has 6 nitrogen and oxygen atoms in total. The van der Waals surface area contributed by atoms with E-state index in [2.05, 4.69) is 15.1 Å². The second kappa shape index (κ2) is 4.90. The summed E-state index contributed by atoms with van der Waals surface area (Å²) in [6.45, 7) is 0. The van der Waals surface area contributed by atoms with Crippen molar-refractivity contribution >= 4 is 13.2 Å². The fraction of sp³-hybridized carbons (Fsp3) is 0.167. The van der Waals surface area contributed by atoms with Crippen molar-refractivity contribution < 1.29 is 14.0 Å². The highest BCUT2D eigenvalue weighted by molar-refractivity contribution is 7.65. The first-order chi connectivity index (χ1) is 9.25. The highest BCUT2D eigenvalue weighted by atomic mass is 31.2. The lowest BCUT2D eigenvalue weighted by Gasteiger charge is -2.15. The van der Waals surface area contributed by atoms with Crippen LogP contribution in [0.3, 0.4) is 0 Å². The van der Waals surface area contributed by atoms with Gasteiger partial charge in [0, 0.05) is 12.4 Å². The number of hydrogen-bond acceptors (Lipinski definition) is 5. The van der Waals surface area contributed by atoms with E-state index in [1.54, 1.807) is 30.6 Å². The molecule has 0 spiro atoms. The minimum Gasteiger partial charge on any atom is -0.480 e. The molecule has 0 bridgehead atoms. The number of ether oxygens (including phenoxy) is 2. The van der Waals surface area contributed by atoms with E-state index < -0.39 is 7.29 Å². The second-order valence-electron chi connectivity index (χ2n) is 4.07. The van der Waals surface area contributed by atoms with Gasteiger partial charge in [-0.25, -0.2) is 9.97 Å². The molecule has 98 valence electrons. The van der Waals surface area contributed by atoms with Crippen LogP contribution in [0.25, 0.3) is 0 Å². The Morgan fingerprint density at radius 2 is 1.58 bits per heavy atom. The van der Waals surface area contributed by atoms with Crippen LogP contribution in [0.1, 0.15) is 0 Å². The number of fused-ring (bicyclic) bond motifs is 1. The van der Waals surface area contributed by atoms with Gasteiger partial charge >= 0.3 is 0 Å². The van der Waals surface area contributed by atoms with E-state index in [9.17, 15) is 4.57 Å². The maximum atomic E-state index is 12.7. The average molecular weight is 277 g/mol. The van der Waals surface area contributed by atoms with Gasteiger partial charge in [-0.3, -0.25) is 9.65 Å². The molecule has 0 saturated heterocycles. The summed E-state index contributed by atoms with van der Waals surface area (Å²) in [5.74, 6) is 1.50. The molecule has 19 heavy (non-hydrogen) atoms. The smallest absolute Gasteiger partial charge is 0.244 e. The predicted octanol–water partition coefficient (Wildman–Crippen LogP) is 2.55. The van der Waals surface area contributed by atoms with Gasteiger partial charge in [-0.2, -0.15) is 0 Å². The molecule has 0 aliphatic carbocycles. The molecule has 2 aromatic rings. The first-order valence-corrected chi connectivity index (χ1v) is 7.81. The average Bonchev–Trinajstić information content (AvgIpc) is 2.61. The largest absolute Gasteiger partial charge is 0.480 e. The molecule has 0 amide bonds. The van der Waals surface area contributed by atoms with Gasteiger partial charge in [0.25, 0.3) is 0 Å². The predicted molar refractivity (Wildman–Crippen MR) is 70.7 cm³/mol. The second-order valence-corrected chi connectivity index (χ2v) is 6.59. The minimum absolute atomic E-state index is 0.0439. The molecule has 7 heteroatoms. The van der Waals surface area contributed by atoms with Crippen molar-refractivity contribution in [3.8, 4) is 11.5 Å². The summed E-state index contributed by atoms with van der Waals surface area (Å²) in [5.41, 5.74) is 0. The molecular formula is C12H12N3O3P. The molecule has 1 aromatic carbocycles. The van der Waals surface area contributed by atoms with E-state index in [0.29, 0.717) is 17.4 Å². The number of rotatable bonds is 2. The molecule has 0 saturated carbocycles. The number of aromatic nitrogens is 2. The Bertz CT molecular complexity index is 590. The van der Waals surface area contributed by atoms with Crippen LogP contribution in [-0.4, -0.2) is 22.7 Å². The van der Waals surface area contributed by atoms with Crippen LogP contribution in [0.2, 0.25) is 0 Å². The van der Waals surface area contributed by atoms with Gasteiger partial charge < -0.3 is 9.47 Å². The van der Waals surface area contributed by atoms with Crippen molar-refractivity contribution in [3.05, 3.63) is 42.7 Å². The summed E-state index contributed by atoms with van der Waals surface area (Å²) in [5, 5.41) is 2.82. The molecule has 1 aromatic heterocycles. The first kappa shape index (κ1) is 12.0. The van der Waals surface area contributed by atoms with Crippen molar-refractivity contribution in [3.63, 3.8) is 0 Å². The summed E-state index contributed by atoms with van der Waals surface area (Å²) in [7, 11) is -2.88. The van der Waals surface area contributed by atoms with Crippen LogP contribution in [0.5, 0.6) is 11.5 Å². The van der Waals surface area contributed by atoms with E-state index in [0.717, 1.165) is 0 Å². The maximum absolute atomic E-state index is 12.7. The van der Waals surface area contributed by atoms with Crippen LogP contribution in [0.4, 0.5) is 5.95 Å². The Hall–Kier alpha value is -2.07. The van der Waals surface area contributed by atoms with E-state index in [1.807, 2.05) is 12.1 Å². The van der Waals surface area contributed by atoms with Crippen molar-refractivity contribution in [2.24, 2.45) is 0 Å². The quantitative estimate of drug-likeness (QED) is 0.850. The van der Waals surface area contributed by atoms with Crippen LogP contribution in [0, 0.1) is 0 Å². The van der Waals surface area contributed by atoms with Gasteiger partial charge in [-0.05, 0) is 18.2 Å². The van der Waals surface area contributed by atoms with Crippen LogP contribution in [0.15, 0.2) is 42.7 Å². The van der Waals surface area contributed by atoms with Gasteiger partial charge in [0.2, 0.25) is 13.2 Å². The Morgan fingerprint density at radius 3 is 2.16 bits per heavy atom. The third kappa shape index (κ3) is 2.69. The standard InChI is InChI=1S/C12H12N3O3P/c16-19(15-12-13-6-3-7-14-12)8-17-10-4-1-2-5-11(10)18-9-19/h1-7H,8-9H2,(H,13,14,15,16). The SMILES string of the molecule is O=P1(Nc2ncccn2)COc2ccccc2OC1. The molecule has 1 N–H and O–H groups in total. The van der Waals surface area contributed by atoms with Crippen LogP contribution < -0.4 is 14.6 Å². The third-order valence-electron chi connectivity index (χ3n) is 2.58. The first-order valence-electron chi connectivity index (χ1n) is 5.73. The molecule has 2 heterocycles. The molecule has 0 fully saturated rings. The molecule has 3 rings (SSSR count). The number of para-hydroxylation sites is 2. The summed E-state index contributed by atoms with van der Waals surface area (Å²) in [6.07, 6.45) is 3.25. The van der Waals surface area contributed by atoms with Crippen molar-refractivity contribution in [1.29, 1.82) is 0 Å². The Balaban J connectivity index is 1.79. The van der Waals surface area contributed by atoms with Gasteiger partial charge in [-0.1, -0.05) is 12.1 Å². The van der Waals surface area contributed by atoms with E-state index in [4.69, 9.17) is 9.47 Å². The van der Waals surface area contributed by atoms with Crippen LogP contribution >= 0.6 is 7.29 Å². The summed E-state index contributed by atoms with van der Waals surface area (Å²) >= 11 is 0.